The number of ether oxygens (including phenoxy) is 5. The normalized spacial score (nSPS) is 10.7. The molecular formula is C25H24O10. The van der Waals surface area contributed by atoms with Gasteiger partial charge in [-0.25, -0.2) is 0 Å². The molecule has 0 unspecified atom stereocenters. The van der Waals surface area contributed by atoms with E-state index >= 15 is 0 Å². The minimum absolute atomic E-state index is 0.136. The third kappa shape index (κ3) is 8.43. The van der Waals surface area contributed by atoms with E-state index in [0.717, 1.165) is 20.8 Å². The van der Waals surface area contributed by atoms with Crippen molar-refractivity contribution in [1.82, 2.24) is 0 Å². The van der Waals surface area contributed by atoms with Gasteiger partial charge in [-0.3, -0.25) is 24.0 Å². The van der Waals surface area contributed by atoms with Crippen LogP contribution in [-0.4, -0.2) is 29.8 Å². The van der Waals surface area contributed by atoms with Crippen LogP contribution in [0.25, 0.3) is 11.6 Å². The first-order chi connectivity index (χ1) is 16.3. The van der Waals surface area contributed by atoms with Crippen LogP contribution in [0.1, 0.15) is 52.7 Å². The lowest BCUT2D eigenvalue weighted by Gasteiger charge is -2.15. The van der Waals surface area contributed by atoms with Crippen LogP contribution in [0.5, 0.6) is 28.7 Å². The van der Waals surface area contributed by atoms with Crippen molar-refractivity contribution in [2.24, 2.45) is 0 Å². The van der Waals surface area contributed by atoms with Crippen LogP contribution in [0.2, 0.25) is 0 Å². The second kappa shape index (κ2) is 11.6. The summed E-state index contributed by atoms with van der Waals surface area (Å²) in [6, 6.07) is 7.35. The van der Waals surface area contributed by atoms with Gasteiger partial charge in [0, 0.05) is 40.7 Å². The Morgan fingerprint density at radius 2 is 0.943 bits per heavy atom. The molecule has 2 aromatic carbocycles. The number of esters is 5. The molecule has 0 aliphatic rings. The van der Waals surface area contributed by atoms with Crippen LogP contribution in [0.15, 0.2) is 30.3 Å². The molecule has 184 valence electrons. The number of rotatable bonds is 7. The molecule has 0 aliphatic carbocycles. The molecule has 2 aromatic rings. The van der Waals surface area contributed by atoms with Gasteiger partial charge < -0.3 is 23.7 Å². The van der Waals surface area contributed by atoms with Gasteiger partial charge in [-0.05, 0) is 47.9 Å². The van der Waals surface area contributed by atoms with Gasteiger partial charge >= 0.3 is 29.8 Å². The van der Waals surface area contributed by atoms with E-state index in [1.807, 2.05) is 0 Å². The number of carbonyl (C=O) groups is 5. The van der Waals surface area contributed by atoms with Gasteiger partial charge in [0.25, 0.3) is 0 Å². The Labute approximate surface area is 201 Å². The zero-order valence-electron chi connectivity index (χ0n) is 20.0. The molecule has 0 atom stereocenters. The summed E-state index contributed by atoms with van der Waals surface area (Å²) in [5.74, 6) is -3.41. The minimum atomic E-state index is -0.716. The van der Waals surface area contributed by atoms with Crippen molar-refractivity contribution in [3.63, 3.8) is 0 Å². The Bertz CT molecular complexity index is 1150. The summed E-state index contributed by atoms with van der Waals surface area (Å²) in [5, 5.41) is 0. The second-order valence-electron chi connectivity index (χ2n) is 7.33. The zero-order valence-corrected chi connectivity index (χ0v) is 20.0. The largest absolute Gasteiger partial charge is 0.427 e. The number of allylic oxidation sites excluding steroid dienone is 1. The van der Waals surface area contributed by atoms with E-state index in [2.05, 4.69) is 0 Å². The summed E-state index contributed by atoms with van der Waals surface area (Å²) in [4.78, 5) is 57.7. The topological polar surface area (TPSA) is 132 Å². The number of hydrogen-bond donors (Lipinski definition) is 0. The summed E-state index contributed by atoms with van der Waals surface area (Å²) < 4.78 is 25.7. The SMILES string of the molecule is CC(=O)Oc1cc(C=C(C)c2cc(OC(C)=O)c(OC(C)=O)c(OC(C)=O)c2)cc(OC(C)=O)c1. The fourth-order valence-corrected chi connectivity index (χ4v) is 2.97. The molecule has 0 spiro atoms. The number of hydrogen-bond acceptors (Lipinski definition) is 10. The number of benzene rings is 2. The van der Waals surface area contributed by atoms with Crippen LogP contribution in [-0.2, 0) is 24.0 Å². The van der Waals surface area contributed by atoms with E-state index in [1.165, 1.54) is 32.0 Å². The van der Waals surface area contributed by atoms with E-state index in [1.54, 1.807) is 25.1 Å². The predicted molar refractivity (Wildman–Crippen MR) is 123 cm³/mol. The summed E-state index contributed by atoms with van der Waals surface area (Å²) in [7, 11) is 0. The van der Waals surface area contributed by atoms with Gasteiger partial charge in [0.1, 0.15) is 11.5 Å². The first kappa shape index (κ1) is 26.8. The Hall–Kier alpha value is -4.47. The van der Waals surface area contributed by atoms with E-state index in [4.69, 9.17) is 23.7 Å². The molecule has 0 radical (unpaired) electrons. The summed E-state index contributed by atoms with van der Waals surface area (Å²) >= 11 is 0. The van der Waals surface area contributed by atoms with Crippen molar-refractivity contribution in [2.45, 2.75) is 41.5 Å². The first-order valence-electron chi connectivity index (χ1n) is 10.3. The van der Waals surface area contributed by atoms with Gasteiger partial charge in [-0.15, -0.1) is 0 Å². The highest BCUT2D eigenvalue weighted by Crippen LogP contribution is 2.41. The highest BCUT2D eigenvalue weighted by molar-refractivity contribution is 5.85. The molecule has 0 aromatic heterocycles. The van der Waals surface area contributed by atoms with Crippen molar-refractivity contribution in [2.75, 3.05) is 0 Å². The fourth-order valence-electron chi connectivity index (χ4n) is 2.97. The standard InChI is InChI=1S/C25H24O10/c1-13(7-19-8-21(31-14(2)26)12-22(9-19)32-15(3)27)20-10-23(33-16(4)28)25(35-18(6)30)24(11-20)34-17(5)29/h7-12H,1-6H3. The third-order valence-electron chi connectivity index (χ3n) is 4.04. The maximum Gasteiger partial charge on any atom is 0.308 e. The molecule has 0 saturated heterocycles. The van der Waals surface area contributed by atoms with Crippen molar-refractivity contribution in [3.8, 4) is 28.7 Å². The van der Waals surface area contributed by atoms with Gasteiger partial charge in [0.15, 0.2) is 11.5 Å². The monoisotopic (exact) mass is 484 g/mol. The van der Waals surface area contributed by atoms with Crippen molar-refractivity contribution in [1.29, 1.82) is 0 Å². The molecule has 0 aliphatic heterocycles. The van der Waals surface area contributed by atoms with E-state index in [9.17, 15) is 24.0 Å². The molecule has 10 nitrogen and oxygen atoms in total. The maximum absolute atomic E-state index is 11.6. The molecule has 2 rings (SSSR count). The molecule has 0 saturated carbocycles. The average Bonchev–Trinajstić information content (AvgIpc) is 2.67. The lowest BCUT2D eigenvalue weighted by atomic mass is 10.0. The van der Waals surface area contributed by atoms with Crippen LogP contribution >= 0.6 is 0 Å². The molecular weight excluding hydrogens is 460 g/mol. The molecule has 0 bridgehead atoms. The van der Waals surface area contributed by atoms with Gasteiger partial charge in [-0.2, -0.15) is 0 Å². The first-order valence-corrected chi connectivity index (χ1v) is 10.3. The summed E-state index contributed by atoms with van der Waals surface area (Å²) in [6.07, 6.45) is 1.66. The molecule has 0 amide bonds. The van der Waals surface area contributed by atoms with Crippen molar-refractivity contribution >= 4 is 41.5 Å². The molecule has 0 heterocycles. The van der Waals surface area contributed by atoms with Crippen LogP contribution in [0, 0.1) is 0 Å². The van der Waals surface area contributed by atoms with E-state index < -0.39 is 29.8 Å². The summed E-state index contributed by atoms with van der Waals surface area (Å²) in [6.45, 7) is 7.64. The van der Waals surface area contributed by atoms with Crippen LogP contribution in [0.4, 0.5) is 0 Å². The average molecular weight is 484 g/mol. The Kier molecular flexibility index (Phi) is 8.87. The van der Waals surface area contributed by atoms with Crippen LogP contribution in [0.3, 0.4) is 0 Å². The van der Waals surface area contributed by atoms with Crippen molar-refractivity contribution in [3.05, 3.63) is 41.5 Å². The van der Waals surface area contributed by atoms with Gasteiger partial charge in [-0.1, -0.05) is 6.08 Å². The second-order valence-corrected chi connectivity index (χ2v) is 7.33. The van der Waals surface area contributed by atoms with Crippen LogP contribution < -0.4 is 23.7 Å². The summed E-state index contributed by atoms with van der Waals surface area (Å²) in [5.41, 5.74) is 1.53. The van der Waals surface area contributed by atoms with Gasteiger partial charge in [0.05, 0.1) is 0 Å². The quantitative estimate of drug-likeness (QED) is 0.324. The zero-order chi connectivity index (χ0) is 26.3. The maximum atomic E-state index is 11.6. The lowest BCUT2D eigenvalue weighted by Crippen LogP contribution is -2.11. The minimum Gasteiger partial charge on any atom is -0.427 e. The van der Waals surface area contributed by atoms with E-state index in [0.29, 0.717) is 16.7 Å². The highest BCUT2D eigenvalue weighted by atomic mass is 16.6. The molecule has 35 heavy (non-hydrogen) atoms. The van der Waals surface area contributed by atoms with E-state index in [-0.39, 0.29) is 28.7 Å². The Balaban J connectivity index is 2.65. The number of carbonyl (C=O) groups excluding carboxylic acids is 5. The smallest absolute Gasteiger partial charge is 0.308 e. The predicted octanol–water partition coefficient (Wildman–Crippen LogP) is 3.87. The third-order valence-corrected chi connectivity index (χ3v) is 4.04. The van der Waals surface area contributed by atoms with Gasteiger partial charge in [0.2, 0.25) is 5.75 Å². The fraction of sp³-hybridized carbons (Fsp3) is 0.240. The molecule has 10 heteroatoms. The lowest BCUT2D eigenvalue weighted by molar-refractivity contribution is -0.135. The highest BCUT2D eigenvalue weighted by Gasteiger charge is 2.20. The molecule has 0 fully saturated rings. The Morgan fingerprint density at radius 3 is 1.31 bits per heavy atom. The Morgan fingerprint density at radius 1 is 0.543 bits per heavy atom. The van der Waals surface area contributed by atoms with Crippen molar-refractivity contribution < 1.29 is 47.7 Å². The molecule has 0 N–H and O–H groups in total.